The molecule has 0 bridgehead atoms. The molecule has 1 aliphatic rings. The number of hydrogen-bond donors (Lipinski definition) is 2. The summed E-state index contributed by atoms with van der Waals surface area (Å²) >= 11 is 0. The van der Waals surface area contributed by atoms with Crippen LogP contribution >= 0.6 is 0 Å². The molecule has 0 saturated carbocycles. The van der Waals surface area contributed by atoms with Gasteiger partial charge < -0.3 is 0 Å². The second kappa shape index (κ2) is 8.50. The maximum Gasteiger partial charge on any atom is 0.290 e. The number of amides is 2. The van der Waals surface area contributed by atoms with E-state index in [0.717, 1.165) is 46.0 Å². The number of carbonyl (C=O) groups excluding carboxylic acids is 2. The van der Waals surface area contributed by atoms with E-state index in [1.807, 2.05) is 55.5 Å². The number of benzene rings is 3. The zero-order valence-corrected chi connectivity index (χ0v) is 18.2. The Labute approximate surface area is 190 Å². The van der Waals surface area contributed by atoms with Crippen LogP contribution in [-0.4, -0.2) is 21.6 Å². The molecule has 0 atom stereocenters. The van der Waals surface area contributed by atoms with Crippen molar-refractivity contribution in [1.29, 1.82) is 0 Å². The molecule has 6 nitrogen and oxygen atoms in total. The summed E-state index contributed by atoms with van der Waals surface area (Å²) < 4.78 is 16.1. The molecule has 7 heteroatoms. The molecule has 3 aromatic carbocycles. The number of hydrogen-bond acceptors (Lipinski definition) is 3. The van der Waals surface area contributed by atoms with Crippen molar-refractivity contribution in [2.45, 2.75) is 32.6 Å². The van der Waals surface area contributed by atoms with E-state index < -0.39 is 5.91 Å². The van der Waals surface area contributed by atoms with Crippen molar-refractivity contribution in [2.75, 3.05) is 0 Å². The van der Waals surface area contributed by atoms with E-state index in [1.165, 1.54) is 10.7 Å². The zero-order valence-electron chi connectivity index (χ0n) is 18.2. The van der Waals surface area contributed by atoms with Gasteiger partial charge in [0.15, 0.2) is 5.69 Å². The highest BCUT2D eigenvalue weighted by molar-refractivity contribution is 5.95. The van der Waals surface area contributed by atoms with Crippen molar-refractivity contribution in [3.8, 4) is 5.69 Å². The summed E-state index contributed by atoms with van der Waals surface area (Å²) in [6.07, 6.45) is 2.41. The summed E-state index contributed by atoms with van der Waals surface area (Å²) in [5.41, 5.74) is 8.78. The highest BCUT2D eigenvalue weighted by atomic mass is 19.1. The summed E-state index contributed by atoms with van der Waals surface area (Å²) in [6.45, 7) is 1.82. The predicted octanol–water partition coefficient (Wildman–Crippen LogP) is 3.97. The lowest BCUT2D eigenvalue weighted by Crippen LogP contribution is -2.42. The second-order valence-corrected chi connectivity index (χ2v) is 8.35. The number of nitrogens with one attached hydrogen (secondary N) is 2. The van der Waals surface area contributed by atoms with Gasteiger partial charge in [0.2, 0.25) is 5.91 Å². The highest BCUT2D eigenvalue weighted by Crippen LogP contribution is 2.29. The maximum absolute atomic E-state index is 14.6. The van der Waals surface area contributed by atoms with Gasteiger partial charge in [0.1, 0.15) is 11.5 Å². The lowest BCUT2D eigenvalue weighted by molar-refractivity contribution is -0.121. The van der Waals surface area contributed by atoms with E-state index in [-0.39, 0.29) is 23.8 Å². The molecule has 1 heterocycles. The highest BCUT2D eigenvalue weighted by Gasteiger charge is 2.28. The standard InChI is InChI=1S/C26H23FN4O2/c1-16-9-12-23(21(27)13-16)31-22-8-4-7-20(22)25(30-31)26(33)29-28-24(32)15-17-10-11-18-5-2-3-6-19(18)14-17/h2-3,5-6,9-14H,4,7-8,15H2,1H3,(H,28,32)(H,29,33). The van der Waals surface area contributed by atoms with Gasteiger partial charge in [-0.25, -0.2) is 9.07 Å². The third-order valence-corrected chi connectivity index (χ3v) is 5.97. The number of fused-ring (bicyclic) bond motifs is 2. The molecule has 0 fully saturated rings. The molecular weight excluding hydrogens is 419 g/mol. The molecule has 0 spiro atoms. The minimum absolute atomic E-state index is 0.131. The van der Waals surface area contributed by atoms with Gasteiger partial charge in [0.25, 0.3) is 5.91 Å². The third-order valence-electron chi connectivity index (χ3n) is 5.97. The van der Waals surface area contributed by atoms with Crippen LogP contribution in [0.3, 0.4) is 0 Å². The number of aromatic nitrogens is 2. The molecule has 5 rings (SSSR count). The van der Waals surface area contributed by atoms with Gasteiger partial charge in [-0.05, 0) is 60.2 Å². The Morgan fingerprint density at radius 2 is 1.82 bits per heavy atom. The van der Waals surface area contributed by atoms with Crippen LogP contribution in [0.1, 0.15) is 39.3 Å². The van der Waals surface area contributed by atoms with E-state index in [0.29, 0.717) is 12.1 Å². The van der Waals surface area contributed by atoms with Crippen molar-refractivity contribution in [1.82, 2.24) is 20.6 Å². The molecule has 2 amide bonds. The van der Waals surface area contributed by atoms with E-state index in [1.54, 1.807) is 6.07 Å². The summed E-state index contributed by atoms with van der Waals surface area (Å²) in [5, 5.41) is 6.56. The first-order valence-electron chi connectivity index (χ1n) is 10.9. The lowest BCUT2D eigenvalue weighted by Gasteiger charge is -2.08. The Morgan fingerprint density at radius 1 is 1.00 bits per heavy atom. The Kier molecular flexibility index (Phi) is 5.38. The van der Waals surface area contributed by atoms with Crippen LogP contribution in [0.2, 0.25) is 0 Å². The minimum Gasteiger partial charge on any atom is -0.273 e. The summed E-state index contributed by atoms with van der Waals surface area (Å²) in [6, 6.07) is 18.7. The van der Waals surface area contributed by atoms with Crippen molar-refractivity contribution in [2.24, 2.45) is 0 Å². The van der Waals surface area contributed by atoms with Crippen LogP contribution < -0.4 is 10.9 Å². The third kappa shape index (κ3) is 4.09. The van der Waals surface area contributed by atoms with Crippen LogP contribution in [0.4, 0.5) is 4.39 Å². The first-order chi connectivity index (χ1) is 16.0. The van der Waals surface area contributed by atoms with Gasteiger partial charge in [-0.1, -0.05) is 48.5 Å². The number of halogens is 1. The Morgan fingerprint density at radius 3 is 2.64 bits per heavy atom. The van der Waals surface area contributed by atoms with Crippen molar-refractivity contribution in [3.63, 3.8) is 0 Å². The lowest BCUT2D eigenvalue weighted by atomic mass is 10.1. The predicted molar refractivity (Wildman–Crippen MR) is 124 cm³/mol. The van der Waals surface area contributed by atoms with Gasteiger partial charge in [-0.2, -0.15) is 5.10 Å². The van der Waals surface area contributed by atoms with E-state index in [4.69, 9.17) is 0 Å². The fourth-order valence-corrected chi connectivity index (χ4v) is 4.37. The quantitative estimate of drug-likeness (QED) is 0.470. The van der Waals surface area contributed by atoms with E-state index in [2.05, 4.69) is 16.0 Å². The normalized spacial score (nSPS) is 12.5. The Hall–Kier alpha value is -4.00. The second-order valence-electron chi connectivity index (χ2n) is 8.35. The van der Waals surface area contributed by atoms with Crippen LogP contribution in [0, 0.1) is 12.7 Å². The first kappa shape index (κ1) is 20.9. The largest absolute Gasteiger partial charge is 0.290 e. The molecule has 33 heavy (non-hydrogen) atoms. The number of hydrazine groups is 1. The molecule has 4 aromatic rings. The van der Waals surface area contributed by atoms with Crippen LogP contribution in [0.5, 0.6) is 0 Å². The SMILES string of the molecule is Cc1ccc(-n2nc(C(=O)NNC(=O)Cc3ccc4ccccc4c3)c3c2CCC3)c(F)c1. The number of rotatable bonds is 4. The number of carbonyl (C=O) groups is 2. The van der Waals surface area contributed by atoms with E-state index in [9.17, 15) is 14.0 Å². The smallest absolute Gasteiger partial charge is 0.273 e. The van der Waals surface area contributed by atoms with Crippen molar-refractivity contribution >= 4 is 22.6 Å². The fraction of sp³-hybridized carbons (Fsp3) is 0.192. The summed E-state index contributed by atoms with van der Waals surface area (Å²) in [7, 11) is 0. The van der Waals surface area contributed by atoms with Gasteiger partial charge in [0.05, 0.1) is 6.42 Å². The summed E-state index contributed by atoms with van der Waals surface area (Å²) in [4.78, 5) is 25.2. The molecule has 1 aromatic heterocycles. The van der Waals surface area contributed by atoms with Gasteiger partial charge in [0, 0.05) is 11.3 Å². The Balaban J connectivity index is 1.30. The molecule has 0 saturated heterocycles. The molecule has 0 unspecified atom stereocenters. The average Bonchev–Trinajstić information content (AvgIpc) is 3.41. The molecule has 0 radical (unpaired) electrons. The van der Waals surface area contributed by atoms with Crippen LogP contribution in [0.15, 0.2) is 60.7 Å². The average molecular weight is 442 g/mol. The molecular formula is C26H23FN4O2. The van der Waals surface area contributed by atoms with Crippen molar-refractivity contribution < 1.29 is 14.0 Å². The monoisotopic (exact) mass is 442 g/mol. The topological polar surface area (TPSA) is 76.0 Å². The van der Waals surface area contributed by atoms with Crippen LogP contribution in [0.25, 0.3) is 16.5 Å². The molecule has 1 aliphatic carbocycles. The van der Waals surface area contributed by atoms with Gasteiger partial charge >= 0.3 is 0 Å². The zero-order chi connectivity index (χ0) is 22.9. The van der Waals surface area contributed by atoms with Crippen LogP contribution in [-0.2, 0) is 24.1 Å². The number of aryl methyl sites for hydroxylation is 1. The summed E-state index contributed by atoms with van der Waals surface area (Å²) in [5.74, 6) is -1.23. The number of nitrogens with zero attached hydrogens (tertiary/aromatic N) is 2. The molecule has 0 aliphatic heterocycles. The first-order valence-corrected chi connectivity index (χ1v) is 10.9. The minimum atomic E-state index is -0.508. The fourth-order valence-electron chi connectivity index (χ4n) is 4.37. The van der Waals surface area contributed by atoms with E-state index >= 15 is 0 Å². The molecule has 166 valence electrons. The maximum atomic E-state index is 14.6. The van der Waals surface area contributed by atoms with Gasteiger partial charge in [-0.3, -0.25) is 20.4 Å². The Bertz CT molecular complexity index is 1390. The van der Waals surface area contributed by atoms with Gasteiger partial charge in [-0.15, -0.1) is 0 Å². The molecule has 2 N–H and O–H groups in total. The van der Waals surface area contributed by atoms with Crippen molar-refractivity contribution in [3.05, 3.63) is 94.6 Å².